The van der Waals surface area contributed by atoms with Crippen molar-refractivity contribution in [2.45, 2.75) is 0 Å². The molecule has 0 fully saturated rings. The van der Waals surface area contributed by atoms with Crippen molar-refractivity contribution in [2.75, 3.05) is 0 Å². The summed E-state index contributed by atoms with van der Waals surface area (Å²) < 4.78 is 3.28. The third-order valence-electron chi connectivity index (χ3n) is 5.38. The van der Waals surface area contributed by atoms with Crippen molar-refractivity contribution in [3.05, 3.63) is 131 Å². The molecule has 0 unspecified atom stereocenters. The smallest absolute Gasteiger partial charge is 0.342 e. The van der Waals surface area contributed by atoms with Crippen molar-refractivity contribution in [1.82, 2.24) is 9.77 Å². The standard InChI is InChI=1S/C27H19N5O3/c33-26(21-16-18-24(19-17-21)32(34)35)29-31-25(20-10-4-1-5-11-20)28-30(23-14-8-3-9-15-23)27(31)22-12-6-2-7-13-22/h1-19H. The molecule has 0 saturated carbocycles. The molecule has 0 aliphatic heterocycles. The van der Waals surface area contributed by atoms with Gasteiger partial charge in [-0.2, -0.15) is 0 Å². The molecule has 8 heteroatoms. The quantitative estimate of drug-likeness (QED) is 0.126. The lowest BCUT2D eigenvalue weighted by atomic mass is 10.2. The van der Waals surface area contributed by atoms with Gasteiger partial charge in [-0.05, 0) is 59.2 Å². The van der Waals surface area contributed by atoms with Gasteiger partial charge < -0.3 is 5.11 Å². The molecule has 35 heavy (non-hydrogen) atoms. The van der Waals surface area contributed by atoms with Gasteiger partial charge in [-0.25, -0.2) is 0 Å². The van der Waals surface area contributed by atoms with Crippen molar-refractivity contribution in [1.29, 1.82) is 0 Å². The summed E-state index contributed by atoms with van der Waals surface area (Å²) in [7, 11) is 0. The fourth-order valence-electron chi connectivity index (χ4n) is 3.69. The van der Waals surface area contributed by atoms with Gasteiger partial charge in [0.15, 0.2) is 5.69 Å². The minimum atomic E-state index is -0.549. The first kappa shape index (κ1) is 21.7. The molecule has 0 spiro atoms. The highest BCUT2D eigenvalue weighted by molar-refractivity contribution is 5.91. The van der Waals surface area contributed by atoms with E-state index in [1.54, 1.807) is 4.68 Å². The summed E-state index contributed by atoms with van der Waals surface area (Å²) in [6.07, 6.45) is 0. The summed E-state index contributed by atoms with van der Waals surface area (Å²) in [6, 6.07) is 34.0. The van der Waals surface area contributed by atoms with Crippen LogP contribution >= 0.6 is 0 Å². The summed E-state index contributed by atoms with van der Waals surface area (Å²) >= 11 is 0. The first-order chi connectivity index (χ1) is 17.1. The Hall–Kier alpha value is -5.11. The highest BCUT2D eigenvalue weighted by Gasteiger charge is 2.30. The molecular formula is C27H19N5O3. The van der Waals surface area contributed by atoms with Gasteiger partial charge in [-0.3, -0.25) is 10.1 Å². The molecule has 1 heterocycles. The van der Waals surface area contributed by atoms with Crippen LogP contribution in [0.2, 0.25) is 0 Å². The van der Waals surface area contributed by atoms with E-state index in [0.29, 0.717) is 11.6 Å². The number of rotatable bonds is 6. The number of nitro benzene ring substituents is 1. The van der Waals surface area contributed by atoms with E-state index in [-0.39, 0.29) is 11.3 Å². The van der Waals surface area contributed by atoms with Gasteiger partial charge >= 0.3 is 5.82 Å². The Morgan fingerprint density at radius 1 is 0.771 bits per heavy atom. The Morgan fingerprint density at radius 2 is 1.31 bits per heavy atom. The van der Waals surface area contributed by atoms with Crippen molar-refractivity contribution in [3.63, 3.8) is 0 Å². The molecule has 8 nitrogen and oxygen atoms in total. The zero-order chi connectivity index (χ0) is 24.2. The van der Waals surface area contributed by atoms with E-state index in [4.69, 9.17) is 5.10 Å². The predicted molar refractivity (Wildman–Crippen MR) is 130 cm³/mol. The molecular weight excluding hydrogens is 442 g/mol. The van der Waals surface area contributed by atoms with Crippen LogP contribution in [0.5, 0.6) is 0 Å². The van der Waals surface area contributed by atoms with E-state index in [1.165, 1.54) is 28.9 Å². The molecule has 5 rings (SSSR count). The van der Waals surface area contributed by atoms with Crippen LogP contribution in [0.25, 0.3) is 28.5 Å². The van der Waals surface area contributed by atoms with Gasteiger partial charge in [0.2, 0.25) is 0 Å². The van der Waals surface area contributed by atoms with Crippen LogP contribution in [0.4, 0.5) is 5.69 Å². The zero-order valence-corrected chi connectivity index (χ0v) is 18.4. The van der Waals surface area contributed by atoms with Crippen LogP contribution in [0.15, 0.2) is 120 Å². The van der Waals surface area contributed by atoms with Gasteiger partial charge in [-0.1, -0.05) is 69.1 Å². The van der Waals surface area contributed by atoms with E-state index in [1.807, 2.05) is 91.0 Å². The molecule has 0 atom stereocenters. The number of hydrogen-bond acceptors (Lipinski definition) is 5. The van der Waals surface area contributed by atoms with Crippen LogP contribution in [0, 0.1) is 10.1 Å². The Labute approximate surface area is 200 Å². The van der Waals surface area contributed by atoms with Crippen LogP contribution in [-0.4, -0.2) is 20.6 Å². The maximum Gasteiger partial charge on any atom is 0.342 e. The number of aromatic nitrogens is 3. The molecule has 0 N–H and O–H groups in total. The maximum atomic E-state index is 13.2. The maximum absolute atomic E-state index is 13.2. The zero-order valence-electron chi connectivity index (χ0n) is 18.4. The monoisotopic (exact) mass is 461 g/mol. The lowest BCUT2D eigenvalue weighted by molar-refractivity contribution is -0.645. The second-order valence-electron chi connectivity index (χ2n) is 7.65. The topological polar surface area (TPSA) is 100 Å². The van der Waals surface area contributed by atoms with Crippen molar-refractivity contribution in [2.24, 2.45) is 5.10 Å². The van der Waals surface area contributed by atoms with Crippen LogP contribution in [0.1, 0.15) is 5.56 Å². The Balaban J connectivity index is 1.77. The lowest BCUT2D eigenvalue weighted by Crippen LogP contribution is -2.35. The molecule has 0 bridgehead atoms. The van der Waals surface area contributed by atoms with Crippen molar-refractivity contribution < 1.29 is 14.7 Å². The molecule has 1 aromatic heterocycles. The minimum absolute atomic E-state index is 0.0963. The SMILES string of the molecule is O=[N+]([O-])c1ccc(/C([O-])=N/n2c(-c3ccccc3)n[n+](-c3ccccc3)c2-c2ccccc2)cc1. The number of benzene rings is 4. The van der Waals surface area contributed by atoms with E-state index < -0.39 is 10.8 Å². The highest BCUT2D eigenvalue weighted by Crippen LogP contribution is 2.25. The predicted octanol–water partition coefficient (Wildman–Crippen LogP) is 3.97. The summed E-state index contributed by atoms with van der Waals surface area (Å²) in [4.78, 5) is 10.5. The average molecular weight is 461 g/mol. The van der Waals surface area contributed by atoms with E-state index in [9.17, 15) is 15.2 Å². The van der Waals surface area contributed by atoms with E-state index in [0.717, 1.165) is 16.8 Å². The van der Waals surface area contributed by atoms with Crippen molar-refractivity contribution >= 4 is 11.6 Å². The van der Waals surface area contributed by atoms with Crippen molar-refractivity contribution in [3.8, 4) is 28.5 Å². The molecule has 0 aliphatic carbocycles. The fourth-order valence-corrected chi connectivity index (χ4v) is 3.69. The first-order valence-corrected chi connectivity index (χ1v) is 10.8. The number of para-hydroxylation sites is 1. The number of nitro groups is 1. The van der Waals surface area contributed by atoms with E-state index in [2.05, 4.69) is 5.10 Å². The highest BCUT2D eigenvalue weighted by atomic mass is 16.6. The van der Waals surface area contributed by atoms with Gasteiger partial charge in [-0.15, -0.1) is 0 Å². The van der Waals surface area contributed by atoms with Gasteiger partial charge in [0.25, 0.3) is 11.5 Å². The summed E-state index contributed by atoms with van der Waals surface area (Å²) in [5, 5.41) is 33.5. The van der Waals surface area contributed by atoms with Crippen LogP contribution in [-0.2, 0) is 0 Å². The molecule has 0 amide bonds. The molecule has 170 valence electrons. The molecule has 0 radical (unpaired) electrons. The average Bonchev–Trinajstić information content (AvgIpc) is 3.29. The van der Waals surface area contributed by atoms with Crippen LogP contribution in [0.3, 0.4) is 0 Å². The fraction of sp³-hybridized carbons (Fsp3) is 0. The first-order valence-electron chi connectivity index (χ1n) is 10.8. The number of hydrogen-bond donors (Lipinski definition) is 0. The summed E-state index contributed by atoms with van der Waals surface area (Å²) in [5.41, 5.74) is 2.53. The molecule has 4 aromatic carbocycles. The largest absolute Gasteiger partial charge is 0.856 e. The van der Waals surface area contributed by atoms with E-state index >= 15 is 0 Å². The number of non-ortho nitro benzene ring substituents is 1. The molecule has 0 aliphatic rings. The Kier molecular flexibility index (Phi) is 5.83. The Bertz CT molecular complexity index is 1500. The summed E-state index contributed by atoms with van der Waals surface area (Å²) in [6.45, 7) is 0. The van der Waals surface area contributed by atoms with Gasteiger partial charge in [0.1, 0.15) is 0 Å². The second kappa shape index (κ2) is 9.40. The lowest BCUT2D eigenvalue weighted by Gasteiger charge is -2.09. The van der Waals surface area contributed by atoms with Gasteiger partial charge in [0.05, 0.1) is 10.5 Å². The summed E-state index contributed by atoms with van der Waals surface area (Å²) in [5.74, 6) is 0.515. The van der Waals surface area contributed by atoms with Crippen LogP contribution < -0.4 is 9.79 Å². The molecule has 0 saturated heterocycles. The third-order valence-corrected chi connectivity index (χ3v) is 5.38. The number of nitrogens with zero attached hydrogens (tertiary/aromatic N) is 5. The van der Waals surface area contributed by atoms with Gasteiger partial charge in [0, 0.05) is 23.6 Å². The molecule has 5 aromatic rings. The Morgan fingerprint density at radius 3 is 1.89 bits per heavy atom. The second-order valence-corrected chi connectivity index (χ2v) is 7.65. The normalized spacial score (nSPS) is 11.4. The third kappa shape index (κ3) is 4.40. The minimum Gasteiger partial charge on any atom is -0.856 e.